The number of benzene rings is 1. The van der Waals surface area contributed by atoms with Crippen molar-refractivity contribution in [3.8, 4) is 22.5 Å². The highest BCUT2D eigenvalue weighted by Crippen LogP contribution is 2.38. The van der Waals surface area contributed by atoms with Crippen LogP contribution in [0.5, 0.6) is 0 Å². The van der Waals surface area contributed by atoms with Gasteiger partial charge in [-0.15, -0.1) is 0 Å². The van der Waals surface area contributed by atoms with Gasteiger partial charge < -0.3 is 10.3 Å². The predicted octanol–water partition coefficient (Wildman–Crippen LogP) is 4.06. The number of aryl methyl sites for hydroxylation is 1. The van der Waals surface area contributed by atoms with E-state index in [1.165, 1.54) is 0 Å². The zero-order valence-electron chi connectivity index (χ0n) is 10.8. The first-order valence-corrected chi connectivity index (χ1v) is 6.88. The molecule has 100 valence electrons. The van der Waals surface area contributed by atoms with Crippen molar-refractivity contribution in [1.82, 2.24) is 10.1 Å². The third-order valence-corrected chi connectivity index (χ3v) is 3.61. The van der Waals surface area contributed by atoms with Crippen LogP contribution in [0.25, 0.3) is 22.5 Å². The van der Waals surface area contributed by atoms with Crippen molar-refractivity contribution in [3.05, 3.63) is 52.8 Å². The summed E-state index contributed by atoms with van der Waals surface area (Å²) in [6.45, 7) is 2.02. The molecule has 0 unspecified atom stereocenters. The van der Waals surface area contributed by atoms with E-state index in [0.717, 1.165) is 26.7 Å². The van der Waals surface area contributed by atoms with Gasteiger partial charge in [-0.1, -0.05) is 33.2 Å². The van der Waals surface area contributed by atoms with Crippen LogP contribution in [0.2, 0.25) is 0 Å². The van der Waals surface area contributed by atoms with E-state index in [1.54, 1.807) is 12.4 Å². The average molecular weight is 330 g/mol. The smallest absolute Gasteiger partial charge is 0.177 e. The lowest BCUT2D eigenvalue weighted by molar-refractivity contribution is 0.436. The SMILES string of the molecule is Cc1ccc(Br)cc1-c1onc(N)c1-c1cccnc1. The summed E-state index contributed by atoms with van der Waals surface area (Å²) in [4.78, 5) is 4.12. The number of hydrogen-bond acceptors (Lipinski definition) is 4. The van der Waals surface area contributed by atoms with E-state index in [2.05, 4.69) is 26.1 Å². The molecule has 0 aliphatic rings. The molecule has 2 heterocycles. The van der Waals surface area contributed by atoms with Gasteiger partial charge in [0.05, 0.1) is 5.56 Å². The molecule has 4 nitrogen and oxygen atoms in total. The summed E-state index contributed by atoms with van der Waals surface area (Å²) in [5.41, 5.74) is 9.67. The van der Waals surface area contributed by atoms with Gasteiger partial charge in [-0.05, 0) is 30.7 Å². The van der Waals surface area contributed by atoms with E-state index in [0.29, 0.717) is 11.6 Å². The highest BCUT2D eigenvalue weighted by atomic mass is 79.9. The molecule has 3 aromatic rings. The maximum absolute atomic E-state index is 5.95. The van der Waals surface area contributed by atoms with Gasteiger partial charge in [-0.3, -0.25) is 4.98 Å². The minimum atomic E-state index is 0.368. The monoisotopic (exact) mass is 329 g/mol. The molecule has 0 bridgehead atoms. The Kier molecular flexibility index (Phi) is 3.28. The zero-order chi connectivity index (χ0) is 14.1. The Hall–Kier alpha value is -2.14. The number of hydrogen-bond donors (Lipinski definition) is 1. The second kappa shape index (κ2) is 5.09. The molecule has 0 aliphatic carbocycles. The summed E-state index contributed by atoms with van der Waals surface area (Å²) in [6.07, 6.45) is 3.47. The van der Waals surface area contributed by atoms with Crippen LogP contribution in [-0.4, -0.2) is 10.1 Å². The largest absolute Gasteiger partial charge is 0.380 e. The van der Waals surface area contributed by atoms with Crippen LogP contribution in [0, 0.1) is 6.92 Å². The van der Waals surface area contributed by atoms with E-state index in [9.17, 15) is 0 Å². The van der Waals surface area contributed by atoms with Crippen molar-refractivity contribution in [1.29, 1.82) is 0 Å². The van der Waals surface area contributed by atoms with E-state index in [4.69, 9.17) is 10.3 Å². The van der Waals surface area contributed by atoms with Crippen LogP contribution in [0.15, 0.2) is 51.7 Å². The van der Waals surface area contributed by atoms with Gasteiger partial charge in [-0.25, -0.2) is 0 Å². The summed E-state index contributed by atoms with van der Waals surface area (Å²) < 4.78 is 6.43. The van der Waals surface area contributed by atoms with Gasteiger partial charge in [0, 0.05) is 28.0 Å². The van der Waals surface area contributed by atoms with Crippen LogP contribution in [-0.2, 0) is 0 Å². The standard InChI is InChI=1S/C15H12BrN3O/c1-9-4-5-11(16)7-12(9)14-13(15(17)19-20-14)10-3-2-6-18-8-10/h2-8H,1H3,(H2,17,19). The molecule has 2 aromatic heterocycles. The molecule has 0 aliphatic heterocycles. The van der Waals surface area contributed by atoms with Crippen molar-refractivity contribution >= 4 is 21.7 Å². The number of nitrogen functional groups attached to an aromatic ring is 1. The molecule has 0 saturated heterocycles. The van der Waals surface area contributed by atoms with Crippen LogP contribution in [0.3, 0.4) is 0 Å². The van der Waals surface area contributed by atoms with Gasteiger partial charge >= 0.3 is 0 Å². The minimum absolute atomic E-state index is 0.368. The molecule has 0 fully saturated rings. The number of nitrogens with two attached hydrogens (primary N) is 1. The number of anilines is 1. The first-order valence-electron chi connectivity index (χ1n) is 6.09. The minimum Gasteiger partial charge on any atom is -0.380 e. The van der Waals surface area contributed by atoms with Crippen LogP contribution >= 0.6 is 15.9 Å². The average Bonchev–Trinajstić information content (AvgIpc) is 2.84. The van der Waals surface area contributed by atoms with Gasteiger partial charge in [0.1, 0.15) is 0 Å². The lowest BCUT2D eigenvalue weighted by Gasteiger charge is -2.06. The Balaban J connectivity index is 2.24. The molecule has 0 radical (unpaired) electrons. The molecule has 0 amide bonds. The summed E-state index contributed by atoms with van der Waals surface area (Å²) in [7, 11) is 0. The second-order valence-electron chi connectivity index (χ2n) is 4.47. The molecule has 20 heavy (non-hydrogen) atoms. The van der Waals surface area contributed by atoms with E-state index < -0.39 is 0 Å². The molecular formula is C15H12BrN3O. The second-order valence-corrected chi connectivity index (χ2v) is 5.39. The molecule has 0 saturated carbocycles. The van der Waals surface area contributed by atoms with E-state index >= 15 is 0 Å². The highest BCUT2D eigenvalue weighted by Gasteiger charge is 2.19. The molecule has 0 atom stereocenters. The number of aromatic nitrogens is 2. The van der Waals surface area contributed by atoms with E-state index in [-0.39, 0.29) is 0 Å². The molecule has 1 aromatic carbocycles. The zero-order valence-corrected chi connectivity index (χ0v) is 12.4. The van der Waals surface area contributed by atoms with Crippen LogP contribution < -0.4 is 5.73 Å². The Bertz CT molecular complexity index is 753. The third-order valence-electron chi connectivity index (χ3n) is 3.11. The fourth-order valence-corrected chi connectivity index (χ4v) is 2.48. The van der Waals surface area contributed by atoms with Gasteiger partial charge in [0.25, 0.3) is 0 Å². The normalized spacial score (nSPS) is 10.7. The van der Waals surface area contributed by atoms with Crippen molar-refractivity contribution in [2.24, 2.45) is 0 Å². The number of halogens is 1. The summed E-state index contributed by atoms with van der Waals surface area (Å²) in [6, 6.07) is 9.80. The topological polar surface area (TPSA) is 64.9 Å². The summed E-state index contributed by atoms with van der Waals surface area (Å²) >= 11 is 3.48. The van der Waals surface area contributed by atoms with Crippen molar-refractivity contribution in [2.75, 3.05) is 5.73 Å². The van der Waals surface area contributed by atoms with Crippen LogP contribution in [0.4, 0.5) is 5.82 Å². The lowest BCUT2D eigenvalue weighted by Crippen LogP contribution is -1.90. The van der Waals surface area contributed by atoms with E-state index in [1.807, 2.05) is 37.3 Å². The fourth-order valence-electron chi connectivity index (χ4n) is 2.11. The Morgan fingerprint density at radius 2 is 2.10 bits per heavy atom. The molecular weight excluding hydrogens is 318 g/mol. The maximum Gasteiger partial charge on any atom is 0.177 e. The molecule has 2 N–H and O–H groups in total. The lowest BCUT2D eigenvalue weighted by atomic mass is 10.00. The van der Waals surface area contributed by atoms with Gasteiger partial charge in [-0.2, -0.15) is 0 Å². The summed E-state index contributed by atoms with van der Waals surface area (Å²) in [5, 5.41) is 3.90. The summed E-state index contributed by atoms with van der Waals surface area (Å²) in [5.74, 6) is 1.03. The molecule has 3 rings (SSSR count). The van der Waals surface area contributed by atoms with Gasteiger partial charge in [0.15, 0.2) is 11.6 Å². The van der Waals surface area contributed by atoms with Crippen molar-refractivity contribution in [2.45, 2.75) is 6.92 Å². The molecule has 5 heteroatoms. The predicted molar refractivity (Wildman–Crippen MR) is 82.0 cm³/mol. The number of pyridine rings is 1. The first kappa shape index (κ1) is 12.9. The quantitative estimate of drug-likeness (QED) is 0.770. The Labute approximate surface area is 124 Å². The van der Waals surface area contributed by atoms with Gasteiger partial charge in [0.2, 0.25) is 0 Å². The Morgan fingerprint density at radius 1 is 1.25 bits per heavy atom. The third kappa shape index (κ3) is 2.20. The molecule has 0 spiro atoms. The van der Waals surface area contributed by atoms with Crippen LogP contribution in [0.1, 0.15) is 5.56 Å². The fraction of sp³-hybridized carbons (Fsp3) is 0.0667. The first-order chi connectivity index (χ1) is 9.66. The number of nitrogens with zero attached hydrogens (tertiary/aromatic N) is 2. The highest BCUT2D eigenvalue weighted by molar-refractivity contribution is 9.10. The maximum atomic E-state index is 5.95. The van der Waals surface area contributed by atoms with Crippen molar-refractivity contribution < 1.29 is 4.52 Å². The number of rotatable bonds is 2. The van der Waals surface area contributed by atoms with Crippen molar-refractivity contribution in [3.63, 3.8) is 0 Å². The Morgan fingerprint density at radius 3 is 2.85 bits per heavy atom.